The van der Waals surface area contributed by atoms with E-state index >= 15 is 0 Å². The molecule has 0 aliphatic rings. The minimum Gasteiger partial charge on any atom is -0.385 e. The highest BCUT2D eigenvalue weighted by Gasteiger charge is 2.01. The molecule has 1 aromatic heterocycles. The summed E-state index contributed by atoms with van der Waals surface area (Å²) in [5, 5.41) is 7.45. The van der Waals surface area contributed by atoms with E-state index in [4.69, 9.17) is 4.74 Å². The van der Waals surface area contributed by atoms with Crippen molar-refractivity contribution in [3.63, 3.8) is 0 Å². The van der Waals surface area contributed by atoms with Crippen molar-refractivity contribution in [2.24, 2.45) is 0 Å². The number of ether oxygens (including phenoxy) is 1. The van der Waals surface area contributed by atoms with E-state index in [1.807, 2.05) is 0 Å². The van der Waals surface area contributed by atoms with Gasteiger partial charge in [-0.2, -0.15) is 0 Å². The summed E-state index contributed by atoms with van der Waals surface area (Å²) in [7, 11) is 1.63. The van der Waals surface area contributed by atoms with Crippen LogP contribution in [0.4, 0.5) is 0 Å². The van der Waals surface area contributed by atoms with Gasteiger partial charge in [-0.1, -0.05) is 11.3 Å². The molecule has 3 N–H and O–H groups in total. The van der Waals surface area contributed by atoms with Gasteiger partial charge in [0.15, 0.2) is 0 Å². The SMILES string of the molecule is COCCCNC(=O)CNCc1csc(=O)[nH]1. The van der Waals surface area contributed by atoms with Crippen LogP contribution in [0, 0.1) is 0 Å². The maximum absolute atomic E-state index is 11.3. The molecule has 1 amide bonds. The minimum atomic E-state index is -0.0779. The Balaban J connectivity index is 2.06. The average molecular weight is 259 g/mol. The van der Waals surface area contributed by atoms with Crippen molar-refractivity contribution in [2.75, 3.05) is 26.8 Å². The molecule has 0 unspecified atom stereocenters. The van der Waals surface area contributed by atoms with Gasteiger partial charge in [0, 0.05) is 37.9 Å². The van der Waals surface area contributed by atoms with Crippen molar-refractivity contribution in [3.05, 3.63) is 20.7 Å². The molecular formula is C10H17N3O3S. The third-order valence-electron chi connectivity index (χ3n) is 2.02. The number of nitrogens with one attached hydrogen (secondary N) is 3. The van der Waals surface area contributed by atoms with E-state index < -0.39 is 0 Å². The lowest BCUT2D eigenvalue weighted by Crippen LogP contribution is -2.34. The van der Waals surface area contributed by atoms with E-state index in [9.17, 15) is 9.59 Å². The Morgan fingerprint density at radius 1 is 1.59 bits per heavy atom. The summed E-state index contributed by atoms with van der Waals surface area (Å²) in [6.45, 7) is 1.99. The van der Waals surface area contributed by atoms with Crippen LogP contribution in [0.5, 0.6) is 0 Å². The van der Waals surface area contributed by atoms with Crippen LogP contribution >= 0.6 is 11.3 Å². The average Bonchev–Trinajstić information content (AvgIpc) is 2.71. The molecule has 0 aliphatic carbocycles. The second-order valence-electron chi connectivity index (χ2n) is 3.47. The van der Waals surface area contributed by atoms with E-state index in [1.165, 1.54) is 0 Å². The topological polar surface area (TPSA) is 83.2 Å². The maximum atomic E-state index is 11.3. The standard InChI is InChI=1S/C10H17N3O3S/c1-16-4-2-3-12-9(14)6-11-5-8-7-17-10(15)13-8/h7,11H,2-6H2,1H3,(H,12,14)(H,13,15). The van der Waals surface area contributed by atoms with Gasteiger partial charge in [-0.05, 0) is 6.42 Å². The number of hydrogen-bond acceptors (Lipinski definition) is 5. The Morgan fingerprint density at radius 3 is 3.06 bits per heavy atom. The fourth-order valence-corrected chi connectivity index (χ4v) is 1.80. The minimum absolute atomic E-state index is 0.0568. The lowest BCUT2D eigenvalue weighted by molar-refractivity contribution is -0.120. The Morgan fingerprint density at radius 2 is 2.41 bits per heavy atom. The van der Waals surface area contributed by atoms with E-state index in [2.05, 4.69) is 15.6 Å². The van der Waals surface area contributed by atoms with Crippen LogP contribution in [0.3, 0.4) is 0 Å². The van der Waals surface area contributed by atoms with Gasteiger partial charge in [0.25, 0.3) is 0 Å². The van der Waals surface area contributed by atoms with Crippen LogP contribution in [0.2, 0.25) is 0 Å². The molecule has 7 heteroatoms. The number of carbonyl (C=O) groups excluding carboxylic acids is 1. The third kappa shape index (κ3) is 6.20. The first-order valence-electron chi connectivity index (χ1n) is 5.35. The maximum Gasteiger partial charge on any atom is 0.304 e. The summed E-state index contributed by atoms with van der Waals surface area (Å²) in [4.78, 5) is 24.7. The van der Waals surface area contributed by atoms with E-state index in [-0.39, 0.29) is 17.3 Å². The van der Waals surface area contributed by atoms with Gasteiger partial charge in [-0.3, -0.25) is 9.59 Å². The van der Waals surface area contributed by atoms with Crippen molar-refractivity contribution >= 4 is 17.2 Å². The zero-order valence-corrected chi connectivity index (χ0v) is 10.6. The first-order valence-corrected chi connectivity index (χ1v) is 6.23. The van der Waals surface area contributed by atoms with Gasteiger partial charge in [0.1, 0.15) is 0 Å². The first kappa shape index (κ1) is 13.9. The smallest absolute Gasteiger partial charge is 0.304 e. The predicted molar refractivity (Wildman–Crippen MR) is 66.1 cm³/mol. The molecular weight excluding hydrogens is 242 g/mol. The molecule has 96 valence electrons. The molecule has 0 atom stereocenters. The van der Waals surface area contributed by atoms with Crippen LogP contribution in [0.15, 0.2) is 10.2 Å². The number of rotatable bonds is 8. The monoisotopic (exact) mass is 259 g/mol. The molecule has 17 heavy (non-hydrogen) atoms. The number of H-pyrrole nitrogens is 1. The molecule has 1 heterocycles. The zero-order valence-electron chi connectivity index (χ0n) is 9.75. The molecule has 1 aromatic rings. The largest absolute Gasteiger partial charge is 0.385 e. The van der Waals surface area contributed by atoms with Gasteiger partial charge >= 0.3 is 4.87 Å². The number of methoxy groups -OCH3 is 1. The molecule has 0 fully saturated rings. The summed E-state index contributed by atoms with van der Waals surface area (Å²) in [6, 6.07) is 0. The van der Waals surface area contributed by atoms with Crippen LogP contribution in [-0.4, -0.2) is 37.7 Å². The molecule has 0 spiro atoms. The van der Waals surface area contributed by atoms with Crippen LogP contribution in [0.1, 0.15) is 12.1 Å². The number of amides is 1. The third-order valence-corrected chi connectivity index (χ3v) is 2.74. The van der Waals surface area contributed by atoms with Gasteiger partial charge < -0.3 is 20.4 Å². The summed E-state index contributed by atoms with van der Waals surface area (Å²) in [6.07, 6.45) is 0.806. The molecule has 1 rings (SSSR count). The quantitative estimate of drug-likeness (QED) is 0.559. The fourth-order valence-electron chi connectivity index (χ4n) is 1.22. The lowest BCUT2D eigenvalue weighted by Gasteiger charge is -2.05. The van der Waals surface area contributed by atoms with Crippen LogP contribution in [-0.2, 0) is 16.1 Å². The summed E-state index contributed by atoms with van der Waals surface area (Å²) >= 11 is 1.12. The van der Waals surface area contributed by atoms with Crippen LogP contribution < -0.4 is 15.5 Å². The highest BCUT2D eigenvalue weighted by molar-refractivity contribution is 7.07. The Labute approximate surface area is 103 Å². The second kappa shape index (κ2) is 7.99. The van der Waals surface area contributed by atoms with Gasteiger partial charge in [0.2, 0.25) is 5.91 Å². The molecule has 0 saturated carbocycles. The second-order valence-corrected chi connectivity index (χ2v) is 4.32. The van der Waals surface area contributed by atoms with E-state index in [0.29, 0.717) is 19.7 Å². The molecule has 0 radical (unpaired) electrons. The van der Waals surface area contributed by atoms with Crippen molar-refractivity contribution in [2.45, 2.75) is 13.0 Å². The van der Waals surface area contributed by atoms with Crippen molar-refractivity contribution in [1.82, 2.24) is 15.6 Å². The summed E-state index contributed by atoms with van der Waals surface area (Å²) in [5.41, 5.74) is 0.798. The van der Waals surface area contributed by atoms with Gasteiger partial charge in [-0.25, -0.2) is 0 Å². The number of aromatic nitrogens is 1. The molecule has 6 nitrogen and oxygen atoms in total. The Hall–Kier alpha value is -1.18. The fraction of sp³-hybridized carbons (Fsp3) is 0.600. The van der Waals surface area contributed by atoms with Crippen LogP contribution in [0.25, 0.3) is 0 Å². The summed E-state index contributed by atoms with van der Waals surface area (Å²) < 4.78 is 4.87. The lowest BCUT2D eigenvalue weighted by atomic mass is 10.4. The Bertz CT molecular complexity index is 388. The molecule has 0 aromatic carbocycles. The zero-order chi connectivity index (χ0) is 12.5. The van der Waals surface area contributed by atoms with Gasteiger partial charge in [0.05, 0.1) is 6.54 Å². The number of carbonyl (C=O) groups is 1. The van der Waals surface area contributed by atoms with Crippen molar-refractivity contribution in [1.29, 1.82) is 0 Å². The first-order chi connectivity index (χ1) is 8.22. The molecule has 0 saturated heterocycles. The van der Waals surface area contributed by atoms with E-state index in [1.54, 1.807) is 12.5 Å². The number of aromatic amines is 1. The number of thiazole rings is 1. The highest BCUT2D eigenvalue weighted by atomic mass is 32.1. The van der Waals surface area contributed by atoms with E-state index in [0.717, 1.165) is 23.5 Å². The predicted octanol–water partition coefficient (Wildman–Crippen LogP) is -0.321. The van der Waals surface area contributed by atoms with Crippen molar-refractivity contribution in [3.8, 4) is 0 Å². The Kier molecular flexibility index (Phi) is 6.53. The highest BCUT2D eigenvalue weighted by Crippen LogP contribution is 1.93. The van der Waals surface area contributed by atoms with Gasteiger partial charge in [-0.15, -0.1) is 0 Å². The molecule has 0 bridgehead atoms. The molecule has 0 aliphatic heterocycles. The normalized spacial score (nSPS) is 10.4. The summed E-state index contributed by atoms with van der Waals surface area (Å²) in [5.74, 6) is -0.0568. The number of hydrogen-bond donors (Lipinski definition) is 3. The van der Waals surface area contributed by atoms with Crippen molar-refractivity contribution < 1.29 is 9.53 Å².